The molecule has 0 saturated carbocycles. The first kappa shape index (κ1) is 10.4. The molecule has 2 heterocycles. The average Bonchev–Trinajstić information content (AvgIpc) is 2.93. The van der Waals surface area contributed by atoms with Crippen LogP contribution in [0.4, 0.5) is 0 Å². The summed E-state index contributed by atoms with van der Waals surface area (Å²) in [7, 11) is 0. The number of oxime groups is 1. The molecule has 0 aromatic heterocycles. The van der Waals surface area contributed by atoms with Crippen LogP contribution in [0.25, 0.3) is 4.91 Å². The van der Waals surface area contributed by atoms with Crippen LogP contribution < -0.4 is 0 Å². The van der Waals surface area contributed by atoms with Crippen molar-refractivity contribution in [1.29, 1.82) is 0 Å². The molecule has 3 rings (SSSR count). The van der Waals surface area contributed by atoms with Crippen molar-refractivity contribution >= 4 is 28.0 Å². The minimum atomic E-state index is 0.813. The minimum absolute atomic E-state index is 0.813. The molecule has 0 saturated heterocycles. The predicted molar refractivity (Wildman–Crippen MR) is 70.2 cm³/mol. The van der Waals surface area contributed by atoms with Gasteiger partial charge in [-0.3, -0.25) is 4.99 Å². The zero-order valence-electron chi connectivity index (χ0n) is 9.08. The van der Waals surface area contributed by atoms with Crippen LogP contribution in [-0.2, 0) is 0 Å². The van der Waals surface area contributed by atoms with Gasteiger partial charge in [0.1, 0.15) is 0 Å². The van der Waals surface area contributed by atoms with Gasteiger partial charge in [-0.25, -0.2) is 0 Å². The highest BCUT2D eigenvalue weighted by molar-refractivity contribution is 8.22. The van der Waals surface area contributed by atoms with Crippen molar-refractivity contribution in [3.63, 3.8) is 0 Å². The van der Waals surface area contributed by atoms with Gasteiger partial charge in [-0.15, -0.1) is 0 Å². The molecule has 1 N–H and O–H groups in total. The smallest absolute Gasteiger partial charge is 0.168 e. The lowest BCUT2D eigenvalue weighted by Crippen LogP contribution is -2.21. The lowest BCUT2D eigenvalue weighted by atomic mass is 10.2. The second-order valence-electron chi connectivity index (χ2n) is 3.74. The van der Waals surface area contributed by atoms with Crippen LogP contribution in [-0.4, -0.2) is 34.6 Å². The Kier molecular flexibility index (Phi) is 2.60. The standard InChI is InChI=1S/C12H11N3OS/c16-14-8-10-11(9-4-2-1-3-5-9)17-12-13-6-7-15(10)12/h1-5,8,16H,6-7H2/b14-8-. The van der Waals surface area contributed by atoms with Crippen molar-refractivity contribution in [1.82, 2.24) is 4.90 Å². The van der Waals surface area contributed by atoms with Gasteiger partial charge in [-0.1, -0.05) is 35.5 Å². The topological polar surface area (TPSA) is 48.2 Å². The molecule has 5 heteroatoms. The normalized spacial score (nSPS) is 19.1. The highest BCUT2D eigenvalue weighted by Gasteiger charge is 2.31. The van der Waals surface area contributed by atoms with Gasteiger partial charge < -0.3 is 10.1 Å². The highest BCUT2D eigenvalue weighted by Crippen LogP contribution is 2.41. The number of hydrogen-bond donors (Lipinski definition) is 1. The van der Waals surface area contributed by atoms with Crippen LogP contribution in [0.1, 0.15) is 5.56 Å². The molecule has 2 aliphatic heterocycles. The van der Waals surface area contributed by atoms with Gasteiger partial charge >= 0.3 is 0 Å². The van der Waals surface area contributed by atoms with Crippen LogP contribution in [0.15, 0.2) is 46.2 Å². The summed E-state index contributed by atoms with van der Waals surface area (Å²) >= 11 is 1.64. The number of amidine groups is 1. The van der Waals surface area contributed by atoms with Gasteiger partial charge in [0.15, 0.2) is 5.17 Å². The molecule has 0 unspecified atom stereocenters. The third kappa shape index (κ3) is 1.72. The molecule has 1 aromatic rings. The van der Waals surface area contributed by atoms with E-state index in [2.05, 4.69) is 27.2 Å². The third-order valence-electron chi connectivity index (χ3n) is 2.73. The zero-order chi connectivity index (χ0) is 11.7. The Morgan fingerprint density at radius 1 is 1.35 bits per heavy atom. The van der Waals surface area contributed by atoms with E-state index in [9.17, 15) is 0 Å². The summed E-state index contributed by atoms with van der Waals surface area (Å²) in [5.74, 6) is 0. The van der Waals surface area contributed by atoms with E-state index in [0.717, 1.165) is 34.4 Å². The number of thioether (sulfide) groups is 1. The second kappa shape index (κ2) is 4.25. The molecular formula is C12H11N3OS. The lowest BCUT2D eigenvalue weighted by molar-refractivity contribution is 0.321. The van der Waals surface area contributed by atoms with E-state index in [1.54, 1.807) is 11.8 Å². The summed E-state index contributed by atoms with van der Waals surface area (Å²) in [6.07, 6.45) is 1.49. The number of benzene rings is 1. The lowest BCUT2D eigenvalue weighted by Gasteiger charge is -2.12. The molecule has 4 nitrogen and oxygen atoms in total. The molecule has 0 aliphatic carbocycles. The van der Waals surface area contributed by atoms with Gasteiger partial charge in [0, 0.05) is 11.4 Å². The van der Waals surface area contributed by atoms with Crippen LogP contribution in [0.2, 0.25) is 0 Å². The number of hydrogen-bond acceptors (Lipinski definition) is 5. The maximum Gasteiger partial charge on any atom is 0.168 e. The average molecular weight is 245 g/mol. The Hall–Kier alpha value is -1.75. The van der Waals surface area contributed by atoms with Crippen molar-refractivity contribution in [2.24, 2.45) is 10.1 Å². The summed E-state index contributed by atoms with van der Waals surface area (Å²) < 4.78 is 0. The zero-order valence-corrected chi connectivity index (χ0v) is 9.89. The van der Waals surface area contributed by atoms with Gasteiger partial charge in [0.25, 0.3) is 0 Å². The maximum atomic E-state index is 8.77. The van der Waals surface area contributed by atoms with Crippen molar-refractivity contribution in [3.8, 4) is 0 Å². The Balaban J connectivity index is 2.07. The van der Waals surface area contributed by atoms with Gasteiger partial charge in [-0.2, -0.15) is 0 Å². The van der Waals surface area contributed by atoms with Crippen molar-refractivity contribution in [3.05, 3.63) is 41.6 Å². The van der Waals surface area contributed by atoms with Crippen LogP contribution in [0, 0.1) is 0 Å². The quantitative estimate of drug-likeness (QED) is 0.494. The first-order valence-electron chi connectivity index (χ1n) is 5.37. The molecule has 0 amide bonds. The van der Waals surface area contributed by atoms with Gasteiger partial charge in [0.2, 0.25) is 0 Å². The first-order valence-corrected chi connectivity index (χ1v) is 6.19. The van der Waals surface area contributed by atoms with E-state index in [1.165, 1.54) is 6.21 Å². The van der Waals surface area contributed by atoms with E-state index in [1.807, 2.05) is 18.2 Å². The predicted octanol–water partition coefficient (Wildman–Crippen LogP) is 2.23. The van der Waals surface area contributed by atoms with Crippen molar-refractivity contribution < 1.29 is 5.21 Å². The van der Waals surface area contributed by atoms with Crippen LogP contribution in [0.3, 0.4) is 0 Å². The molecule has 0 spiro atoms. The highest BCUT2D eigenvalue weighted by atomic mass is 32.2. The van der Waals surface area contributed by atoms with Crippen molar-refractivity contribution in [2.45, 2.75) is 0 Å². The van der Waals surface area contributed by atoms with Gasteiger partial charge in [-0.05, 0) is 17.3 Å². The Bertz CT molecular complexity index is 522. The fourth-order valence-electron chi connectivity index (χ4n) is 1.98. The monoisotopic (exact) mass is 245 g/mol. The van der Waals surface area contributed by atoms with Gasteiger partial charge in [0.05, 0.1) is 18.5 Å². The molecule has 2 aliphatic rings. The summed E-state index contributed by atoms with van der Waals surface area (Å²) in [4.78, 5) is 7.62. The molecular weight excluding hydrogens is 234 g/mol. The number of allylic oxidation sites excluding steroid dienone is 1. The minimum Gasteiger partial charge on any atom is -0.411 e. The first-order chi connectivity index (χ1) is 8.40. The largest absolute Gasteiger partial charge is 0.411 e. The van der Waals surface area contributed by atoms with E-state index in [-0.39, 0.29) is 0 Å². The molecule has 86 valence electrons. The SMILES string of the molecule is O/N=C\C1=C(c2ccccc2)SC2=NCCN21. The second-order valence-corrected chi connectivity index (χ2v) is 4.72. The summed E-state index contributed by atoms with van der Waals surface area (Å²) in [5, 5.41) is 12.9. The molecule has 0 radical (unpaired) electrons. The number of nitrogens with zero attached hydrogens (tertiary/aromatic N) is 3. The molecule has 0 bridgehead atoms. The molecule has 1 aromatic carbocycles. The van der Waals surface area contributed by atoms with E-state index >= 15 is 0 Å². The Morgan fingerprint density at radius 2 is 2.18 bits per heavy atom. The summed E-state index contributed by atoms with van der Waals surface area (Å²) in [5.41, 5.74) is 2.06. The molecule has 0 fully saturated rings. The fourth-order valence-corrected chi connectivity index (χ4v) is 3.14. The molecule has 17 heavy (non-hydrogen) atoms. The maximum absolute atomic E-state index is 8.77. The summed E-state index contributed by atoms with van der Waals surface area (Å²) in [6.45, 7) is 1.67. The van der Waals surface area contributed by atoms with Crippen molar-refractivity contribution in [2.75, 3.05) is 13.1 Å². The van der Waals surface area contributed by atoms with E-state index in [0.29, 0.717) is 0 Å². The number of fused-ring (bicyclic) bond motifs is 1. The van der Waals surface area contributed by atoms with Crippen LogP contribution >= 0.6 is 11.8 Å². The Morgan fingerprint density at radius 3 is 2.94 bits per heavy atom. The number of rotatable bonds is 2. The fraction of sp³-hybridized carbons (Fsp3) is 0.167. The third-order valence-corrected chi connectivity index (χ3v) is 3.92. The van der Waals surface area contributed by atoms with E-state index < -0.39 is 0 Å². The summed E-state index contributed by atoms with van der Waals surface area (Å²) in [6, 6.07) is 10.1. The Labute approximate surface area is 103 Å². The van der Waals surface area contributed by atoms with Crippen LogP contribution in [0.5, 0.6) is 0 Å². The molecule has 0 atom stereocenters. The van der Waals surface area contributed by atoms with E-state index in [4.69, 9.17) is 5.21 Å². The number of aliphatic imine (C=N–C) groups is 1.